The van der Waals surface area contributed by atoms with Gasteiger partial charge in [0.25, 0.3) is 0 Å². The molecule has 0 unspecified atom stereocenters. The molecular formula is C20H22BrN5O4S. The average molecular weight is 508 g/mol. The number of halogens is 1. The van der Waals surface area contributed by atoms with E-state index in [1.165, 1.54) is 37.8 Å². The van der Waals surface area contributed by atoms with Crippen molar-refractivity contribution in [1.82, 2.24) is 14.9 Å². The van der Waals surface area contributed by atoms with E-state index in [4.69, 9.17) is 20.1 Å². The van der Waals surface area contributed by atoms with Gasteiger partial charge in [-0.1, -0.05) is 17.8 Å². The van der Waals surface area contributed by atoms with Crippen molar-refractivity contribution in [2.24, 2.45) is 0 Å². The van der Waals surface area contributed by atoms with Crippen LogP contribution in [0.2, 0.25) is 0 Å². The molecule has 0 spiro atoms. The molecule has 0 bridgehead atoms. The number of nitrogens with zero attached hydrogens (tertiary/aromatic N) is 3. The van der Waals surface area contributed by atoms with Crippen LogP contribution in [0.15, 0.2) is 40.0 Å². The van der Waals surface area contributed by atoms with Gasteiger partial charge in [0.1, 0.15) is 0 Å². The van der Waals surface area contributed by atoms with Gasteiger partial charge in [0.15, 0.2) is 17.3 Å². The Labute approximate surface area is 192 Å². The summed E-state index contributed by atoms with van der Waals surface area (Å²) in [4.78, 5) is 12.4. The molecule has 0 radical (unpaired) electrons. The van der Waals surface area contributed by atoms with Crippen LogP contribution in [0, 0.1) is 6.92 Å². The van der Waals surface area contributed by atoms with Gasteiger partial charge < -0.3 is 25.4 Å². The summed E-state index contributed by atoms with van der Waals surface area (Å²) in [5, 5.41) is 11.5. The lowest BCUT2D eigenvalue weighted by atomic mass is 10.1. The zero-order chi connectivity index (χ0) is 22.5. The van der Waals surface area contributed by atoms with Crippen LogP contribution >= 0.6 is 27.7 Å². The van der Waals surface area contributed by atoms with Crippen LogP contribution in [-0.2, 0) is 4.79 Å². The second-order valence-corrected chi connectivity index (χ2v) is 8.21. The number of nitrogen functional groups attached to an aromatic ring is 1. The maximum Gasteiger partial charge on any atom is 0.234 e. The van der Waals surface area contributed by atoms with E-state index in [1.54, 1.807) is 12.1 Å². The van der Waals surface area contributed by atoms with E-state index in [0.29, 0.717) is 39.5 Å². The summed E-state index contributed by atoms with van der Waals surface area (Å²) in [6, 6.07) is 9.15. The zero-order valence-electron chi connectivity index (χ0n) is 17.4. The Hall–Kier alpha value is -2.92. The number of anilines is 1. The SMILES string of the molecule is COc1cc(-c2nnc(SCC(=O)Nc3ccc(C)cc3Br)n2N)cc(OC)c1OC. The first-order valence-corrected chi connectivity index (χ1v) is 10.9. The molecule has 3 N–H and O–H groups in total. The van der Waals surface area contributed by atoms with Crippen molar-refractivity contribution in [2.75, 3.05) is 38.2 Å². The third-order valence-corrected chi connectivity index (χ3v) is 5.92. The monoisotopic (exact) mass is 507 g/mol. The Morgan fingerprint density at radius 2 is 1.81 bits per heavy atom. The predicted molar refractivity (Wildman–Crippen MR) is 123 cm³/mol. The summed E-state index contributed by atoms with van der Waals surface area (Å²) in [6.45, 7) is 1.98. The van der Waals surface area contributed by atoms with Crippen molar-refractivity contribution >= 4 is 39.3 Å². The van der Waals surface area contributed by atoms with Gasteiger partial charge in [-0.05, 0) is 52.7 Å². The maximum absolute atomic E-state index is 12.4. The van der Waals surface area contributed by atoms with E-state index in [9.17, 15) is 4.79 Å². The molecule has 0 fully saturated rings. The molecule has 0 aliphatic carbocycles. The van der Waals surface area contributed by atoms with Crippen molar-refractivity contribution in [3.63, 3.8) is 0 Å². The number of hydrogen-bond donors (Lipinski definition) is 2. The standard InChI is InChI=1S/C20H22BrN5O4S/c1-11-5-6-14(13(21)7-11)23-17(27)10-31-20-25-24-19(26(20)22)12-8-15(28-2)18(30-4)16(9-12)29-3/h5-9H,10,22H2,1-4H3,(H,23,27). The van der Waals surface area contributed by atoms with E-state index in [2.05, 4.69) is 31.4 Å². The average Bonchev–Trinajstić information content (AvgIpc) is 3.13. The predicted octanol–water partition coefficient (Wildman–Crippen LogP) is 3.49. The lowest BCUT2D eigenvalue weighted by Gasteiger charge is -2.13. The Morgan fingerprint density at radius 1 is 1.13 bits per heavy atom. The highest BCUT2D eigenvalue weighted by molar-refractivity contribution is 9.10. The van der Waals surface area contributed by atoms with Gasteiger partial charge in [-0.25, -0.2) is 4.68 Å². The first-order chi connectivity index (χ1) is 14.9. The molecule has 2 aromatic carbocycles. The van der Waals surface area contributed by atoms with Gasteiger partial charge in [0, 0.05) is 10.0 Å². The number of amides is 1. The van der Waals surface area contributed by atoms with Crippen molar-refractivity contribution in [2.45, 2.75) is 12.1 Å². The molecule has 0 saturated carbocycles. The quantitative estimate of drug-likeness (QED) is 0.351. The number of carbonyl (C=O) groups excluding carboxylic acids is 1. The number of methoxy groups -OCH3 is 3. The van der Waals surface area contributed by atoms with E-state index in [1.807, 2.05) is 25.1 Å². The van der Waals surface area contributed by atoms with Gasteiger partial charge in [-0.3, -0.25) is 4.79 Å². The molecule has 0 aliphatic heterocycles. The fourth-order valence-corrected chi connectivity index (χ4v) is 4.07. The minimum Gasteiger partial charge on any atom is -0.493 e. The van der Waals surface area contributed by atoms with Gasteiger partial charge >= 0.3 is 0 Å². The molecule has 3 aromatic rings. The smallest absolute Gasteiger partial charge is 0.234 e. The fourth-order valence-electron chi connectivity index (χ4n) is 2.82. The number of ether oxygens (including phenoxy) is 3. The first-order valence-electron chi connectivity index (χ1n) is 9.07. The van der Waals surface area contributed by atoms with Crippen molar-refractivity contribution in [3.05, 3.63) is 40.4 Å². The minimum absolute atomic E-state index is 0.116. The first kappa shape index (κ1) is 22.8. The fraction of sp³-hybridized carbons (Fsp3) is 0.250. The molecule has 1 aromatic heterocycles. The number of nitrogens with one attached hydrogen (secondary N) is 1. The Morgan fingerprint density at radius 3 is 2.39 bits per heavy atom. The largest absolute Gasteiger partial charge is 0.493 e. The molecule has 0 aliphatic rings. The summed E-state index contributed by atoms with van der Waals surface area (Å²) >= 11 is 4.62. The van der Waals surface area contributed by atoms with Crippen LogP contribution in [0.1, 0.15) is 5.56 Å². The second kappa shape index (κ2) is 9.92. The zero-order valence-corrected chi connectivity index (χ0v) is 19.8. The number of aromatic nitrogens is 3. The number of nitrogens with two attached hydrogens (primary N) is 1. The Balaban J connectivity index is 1.75. The highest BCUT2D eigenvalue weighted by Crippen LogP contribution is 2.41. The maximum atomic E-state index is 12.4. The second-order valence-electron chi connectivity index (χ2n) is 6.41. The number of aryl methyl sites for hydroxylation is 1. The van der Waals surface area contributed by atoms with Crippen molar-refractivity contribution < 1.29 is 19.0 Å². The number of carbonyl (C=O) groups is 1. The Kier molecular flexibility index (Phi) is 7.29. The summed E-state index contributed by atoms with van der Waals surface area (Å²) in [5.41, 5.74) is 2.42. The van der Waals surface area contributed by atoms with Crippen LogP contribution in [0.4, 0.5) is 5.69 Å². The van der Waals surface area contributed by atoms with Crippen molar-refractivity contribution in [1.29, 1.82) is 0 Å². The van der Waals surface area contributed by atoms with Crippen LogP contribution in [0.25, 0.3) is 11.4 Å². The number of hydrogen-bond acceptors (Lipinski definition) is 8. The number of thioether (sulfide) groups is 1. The molecule has 0 saturated heterocycles. The van der Waals surface area contributed by atoms with Crippen LogP contribution in [-0.4, -0.2) is 47.9 Å². The third kappa shape index (κ3) is 5.05. The minimum atomic E-state index is -0.188. The van der Waals surface area contributed by atoms with Crippen LogP contribution in [0.5, 0.6) is 17.2 Å². The summed E-state index contributed by atoms with van der Waals surface area (Å²) < 4.78 is 18.2. The molecule has 0 atom stereocenters. The van der Waals surface area contributed by atoms with E-state index < -0.39 is 0 Å². The number of benzene rings is 2. The normalized spacial score (nSPS) is 10.6. The van der Waals surface area contributed by atoms with Crippen LogP contribution < -0.4 is 25.4 Å². The lowest BCUT2D eigenvalue weighted by Crippen LogP contribution is -2.16. The van der Waals surface area contributed by atoms with Gasteiger partial charge in [-0.15, -0.1) is 10.2 Å². The lowest BCUT2D eigenvalue weighted by molar-refractivity contribution is -0.113. The summed E-state index contributed by atoms with van der Waals surface area (Å²) in [6.07, 6.45) is 0. The molecule has 9 nitrogen and oxygen atoms in total. The number of rotatable bonds is 8. The highest BCUT2D eigenvalue weighted by atomic mass is 79.9. The summed E-state index contributed by atoms with van der Waals surface area (Å²) in [7, 11) is 4.58. The van der Waals surface area contributed by atoms with Gasteiger partial charge in [0.2, 0.25) is 16.8 Å². The molecule has 1 heterocycles. The third-order valence-electron chi connectivity index (χ3n) is 4.32. The summed E-state index contributed by atoms with van der Waals surface area (Å²) in [5.74, 6) is 7.91. The van der Waals surface area contributed by atoms with E-state index in [0.717, 1.165) is 10.0 Å². The molecule has 1 amide bonds. The topological polar surface area (TPSA) is 114 Å². The highest BCUT2D eigenvalue weighted by Gasteiger charge is 2.19. The molecule has 11 heteroatoms. The van der Waals surface area contributed by atoms with Gasteiger partial charge in [-0.2, -0.15) is 0 Å². The van der Waals surface area contributed by atoms with E-state index in [-0.39, 0.29) is 11.7 Å². The van der Waals surface area contributed by atoms with E-state index >= 15 is 0 Å². The Bertz CT molecular complexity index is 1080. The molecule has 3 rings (SSSR count). The molecule has 164 valence electrons. The van der Waals surface area contributed by atoms with Crippen LogP contribution in [0.3, 0.4) is 0 Å². The molecule has 31 heavy (non-hydrogen) atoms. The van der Waals surface area contributed by atoms with Gasteiger partial charge in [0.05, 0.1) is 32.8 Å². The molecular weight excluding hydrogens is 486 g/mol. The van der Waals surface area contributed by atoms with Crippen molar-refractivity contribution in [3.8, 4) is 28.6 Å².